The molecule has 2 fully saturated rings. The van der Waals surface area contributed by atoms with Crippen LogP contribution in [0.3, 0.4) is 0 Å². The Morgan fingerprint density at radius 2 is 1.62 bits per heavy atom. The third-order valence-electron chi connectivity index (χ3n) is 4.51. The lowest BCUT2D eigenvalue weighted by Crippen LogP contribution is -2.52. The summed E-state index contributed by atoms with van der Waals surface area (Å²) in [7, 11) is -6.72. The fourth-order valence-electron chi connectivity index (χ4n) is 3.23. The van der Waals surface area contributed by atoms with Gasteiger partial charge in [0.05, 0.1) is 21.6 Å². The molecule has 0 radical (unpaired) electrons. The number of piperazine rings is 1. The van der Waals surface area contributed by atoms with E-state index in [0.29, 0.717) is 32.6 Å². The molecule has 1 atom stereocenters. The van der Waals surface area contributed by atoms with Gasteiger partial charge in [-0.2, -0.15) is 4.31 Å². The minimum atomic E-state index is -3.77. The number of benzene rings is 1. The van der Waals surface area contributed by atoms with Crippen LogP contribution in [0.25, 0.3) is 0 Å². The summed E-state index contributed by atoms with van der Waals surface area (Å²) in [4.78, 5) is 2.00. The molecular formula is C14H18Cl2N2O4S2. The van der Waals surface area contributed by atoms with E-state index in [4.69, 9.17) is 23.2 Å². The first-order valence-corrected chi connectivity index (χ1v) is 11.6. The molecule has 134 valence electrons. The Balaban J connectivity index is 1.72. The van der Waals surface area contributed by atoms with Crippen molar-refractivity contribution >= 4 is 43.1 Å². The Morgan fingerprint density at radius 1 is 1.04 bits per heavy atom. The van der Waals surface area contributed by atoms with Crippen LogP contribution < -0.4 is 0 Å². The Bertz CT molecular complexity index is 814. The standard InChI is InChI=1S/C14H18Cl2N2O4S2/c15-12-2-1-3-13(16)14(12)24(21,22)18-7-5-17(6-8-18)11-4-9-23(19,20)10-11/h1-3,11H,4-10H2/t11-/m1/s1. The van der Waals surface area contributed by atoms with Crippen molar-refractivity contribution in [2.75, 3.05) is 37.7 Å². The summed E-state index contributed by atoms with van der Waals surface area (Å²) >= 11 is 12.1. The maximum absolute atomic E-state index is 12.8. The highest BCUT2D eigenvalue weighted by Crippen LogP contribution is 2.32. The molecule has 0 N–H and O–H groups in total. The van der Waals surface area contributed by atoms with Crippen LogP contribution in [0.5, 0.6) is 0 Å². The number of sulfone groups is 1. The third kappa shape index (κ3) is 3.59. The highest BCUT2D eigenvalue weighted by atomic mass is 35.5. The second-order valence-electron chi connectivity index (χ2n) is 6.05. The van der Waals surface area contributed by atoms with Crippen LogP contribution in [0.15, 0.2) is 23.1 Å². The lowest BCUT2D eigenvalue weighted by Gasteiger charge is -2.37. The first-order valence-electron chi connectivity index (χ1n) is 7.59. The van der Waals surface area contributed by atoms with E-state index in [1.807, 2.05) is 0 Å². The summed E-state index contributed by atoms with van der Waals surface area (Å²) in [5.41, 5.74) is 0. The lowest BCUT2D eigenvalue weighted by atomic mass is 10.2. The number of rotatable bonds is 3. The van der Waals surface area contributed by atoms with Crippen LogP contribution in [0, 0.1) is 0 Å². The van der Waals surface area contributed by atoms with Gasteiger partial charge >= 0.3 is 0 Å². The van der Waals surface area contributed by atoms with Crippen molar-refractivity contribution in [3.8, 4) is 0 Å². The Morgan fingerprint density at radius 3 is 2.12 bits per heavy atom. The quantitative estimate of drug-likeness (QED) is 0.751. The largest absolute Gasteiger partial charge is 0.297 e. The van der Waals surface area contributed by atoms with Crippen LogP contribution in [-0.4, -0.2) is 69.8 Å². The second-order valence-corrected chi connectivity index (χ2v) is 11.0. The number of hydrogen-bond donors (Lipinski definition) is 0. The molecule has 0 spiro atoms. The van der Waals surface area contributed by atoms with Crippen molar-refractivity contribution in [3.63, 3.8) is 0 Å². The van der Waals surface area contributed by atoms with Gasteiger partial charge in [-0.3, -0.25) is 4.90 Å². The van der Waals surface area contributed by atoms with E-state index >= 15 is 0 Å². The van der Waals surface area contributed by atoms with Crippen LogP contribution >= 0.6 is 23.2 Å². The van der Waals surface area contributed by atoms with Gasteiger partial charge in [-0.15, -0.1) is 0 Å². The smallest absolute Gasteiger partial charge is 0.246 e. The number of hydrogen-bond acceptors (Lipinski definition) is 5. The topological polar surface area (TPSA) is 74.8 Å². The predicted molar refractivity (Wildman–Crippen MR) is 93.9 cm³/mol. The van der Waals surface area contributed by atoms with Gasteiger partial charge in [-0.1, -0.05) is 29.3 Å². The molecule has 6 nitrogen and oxygen atoms in total. The maximum atomic E-state index is 12.8. The van der Waals surface area contributed by atoms with Gasteiger partial charge in [0.15, 0.2) is 9.84 Å². The number of nitrogens with zero attached hydrogens (tertiary/aromatic N) is 2. The zero-order chi connectivity index (χ0) is 17.5. The van der Waals surface area contributed by atoms with Crippen molar-refractivity contribution < 1.29 is 16.8 Å². The van der Waals surface area contributed by atoms with E-state index < -0.39 is 19.9 Å². The first kappa shape index (κ1) is 18.4. The van der Waals surface area contributed by atoms with E-state index in [-0.39, 0.29) is 32.5 Å². The summed E-state index contributed by atoms with van der Waals surface area (Å²) < 4.78 is 50.2. The van der Waals surface area contributed by atoms with Crippen molar-refractivity contribution in [3.05, 3.63) is 28.2 Å². The average Bonchev–Trinajstić information content (AvgIpc) is 2.87. The summed E-state index contributed by atoms with van der Waals surface area (Å²) in [5.74, 6) is 0.376. The minimum absolute atomic E-state index is 0.0104. The van der Waals surface area contributed by atoms with E-state index in [2.05, 4.69) is 4.90 Å². The van der Waals surface area contributed by atoms with Gasteiger partial charge in [0.25, 0.3) is 0 Å². The van der Waals surface area contributed by atoms with Crippen LogP contribution in [0.4, 0.5) is 0 Å². The van der Waals surface area contributed by atoms with Crippen molar-refractivity contribution in [1.82, 2.24) is 9.21 Å². The molecule has 1 aromatic rings. The number of halogens is 2. The Kier molecular flexibility index (Phi) is 5.17. The normalized spacial score (nSPS) is 25.8. The molecule has 10 heteroatoms. The van der Waals surface area contributed by atoms with Crippen LogP contribution in [0.2, 0.25) is 10.0 Å². The molecule has 0 bridgehead atoms. The molecule has 2 saturated heterocycles. The summed E-state index contributed by atoms with van der Waals surface area (Å²) in [6, 6.07) is 4.59. The van der Waals surface area contributed by atoms with Crippen LogP contribution in [0.1, 0.15) is 6.42 Å². The van der Waals surface area contributed by atoms with Gasteiger partial charge in [0, 0.05) is 32.2 Å². The summed E-state index contributed by atoms with van der Waals surface area (Å²) in [6.07, 6.45) is 0.616. The maximum Gasteiger partial charge on any atom is 0.246 e. The highest BCUT2D eigenvalue weighted by molar-refractivity contribution is 7.91. The Labute approximate surface area is 152 Å². The number of sulfonamides is 1. The molecule has 3 rings (SSSR count). The first-order chi connectivity index (χ1) is 11.2. The molecule has 0 aromatic heterocycles. The van der Waals surface area contributed by atoms with Gasteiger partial charge in [0.1, 0.15) is 4.90 Å². The molecule has 0 amide bonds. The van der Waals surface area contributed by atoms with Crippen molar-refractivity contribution in [2.24, 2.45) is 0 Å². The van der Waals surface area contributed by atoms with Gasteiger partial charge in [0.2, 0.25) is 10.0 Å². The second kappa shape index (κ2) is 6.74. The highest BCUT2D eigenvalue weighted by Gasteiger charge is 2.37. The molecule has 2 aliphatic heterocycles. The van der Waals surface area contributed by atoms with E-state index in [9.17, 15) is 16.8 Å². The molecule has 0 aliphatic carbocycles. The monoisotopic (exact) mass is 412 g/mol. The summed E-state index contributed by atoms with van der Waals surface area (Å²) in [5, 5.41) is 0.207. The SMILES string of the molecule is O=S1(=O)CC[C@@H](N2CCN(S(=O)(=O)c3c(Cl)cccc3Cl)CC2)C1. The van der Waals surface area contributed by atoms with Crippen molar-refractivity contribution in [2.45, 2.75) is 17.4 Å². The molecule has 24 heavy (non-hydrogen) atoms. The van der Waals surface area contributed by atoms with Gasteiger partial charge in [-0.05, 0) is 18.6 Å². The third-order valence-corrected chi connectivity index (χ3v) is 9.12. The predicted octanol–water partition coefficient (Wildman–Crippen LogP) is 1.49. The molecule has 0 unspecified atom stereocenters. The van der Waals surface area contributed by atoms with E-state index in [0.717, 1.165) is 0 Å². The van der Waals surface area contributed by atoms with E-state index in [1.165, 1.54) is 16.4 Å². The summed E-state index contributed by atoms with van der Waals surface area (Å²) in [6.45, 7) is 1.59. The van der Waals surface area contributed by atoms with E-state index in [1.54, 1.807) is 6.07 Å². The van der Waals surface area contributed by atoms with Crippen molar-refractivity contribution in [1.29, 1.82) is 0 Å². The molecular weight excluding hydrogens is 395 g/mol. The fourth-order valence-corrected chi connectivity index (χ4v) is 7.51. The molecule has 2 heterocycles. The lowest BCUT2D eigenvalue weighted by molar-refractivity contribution is 0.148. The molecule has 2 aliphatic rings. The molecule has 1 aromatic carbocycles. The zero-order valence-corrected chi connectivity index (χ0v) is 16.0. The molecule has 0 saturated carbocycles. The Hall–Kier alpha value is -0.380. The zero-order valence-electron chi connectivity index (χ0n) is 12.9. The van der Waals surface area contributed by atoms with Gasteiger partial charge < -0.3 is 0 Å². The fraction of sp³-hybridized carbons (Fsp3) is 0.571. The average molecular weight is 413 g/mol. The van der Waals surface area contributed by atoms with Crippen LogP contribution in [-0.2, 0) is 19.9 Å². The minimum Gasteiger partial charge on any atom is -0.297 e. The van der Waals surface area contributed by atoms with Gasteiger partial charge in [-0.25, -0.2) is 16.8 Å².